The van der Waals surface area contributed by atoms with E-state index >= 15 is 0 Å². The number of rotatable bonds is 2. The molecule has 1 nitrogen and oxygen atoms in total. The highest BCUT2D eigenvalue weighted by Gasteiger charge is 1.95. The molecule has 0 aliphatic rings. The summed E-state index contributed by atoms with van der Waals surface area (Å²) in [6, 6.07) is 8.04. The fourth-order valence-corrected chi connectivity index (χ4v) is 1.53. The van der Waals surface area contributed by atoms with Gasteiger partial charge in [0.05, 0.1) is 7.11 Å². The van der Waals surface area contributed by atoms with E-state index in [-0.39, 0.29) is 0 Å². The highest BCUT2D eigenvalue weighted by Crippen LogP contribution is 2.24. The van der Waals surface area contributed by atoms with Crippen LogP contribution in [-0.2, 0) is 0 Å². The second kappa shape index (κ2) is 5.06. The quantitative estimate of drug-likeness (QED) is 0.702. The van der Waals surface area contributed by atoms with Gasteiger partial charge in [0.2, 0.25) is 0 Å². The largest absolute Gasteiger partial charge is 0.497 e. The molecule has 0 N–H and O–H groups in total. The molecular weight excluding hydrogens is 378 g/mol. The maximum Gasteiger partial charge on any atom is 0.118 e. The summed E-state index contributed by atoms with van der Waals surface area (Å²) in [5.74, 6) is 0.899. The Labute approximate surface area is 99.5 Å². The van der Waals surface area contributed by atoms with Gasteiger partial charge in [0, 0.05) is 3.58 Å². The van der Waals surface area contributed by atoms with E-state index in [9.17, 15) is 0 Å². The number of hydrogen-bond acceptors (Lipinski definition) is 1. The first kappa shape index (κ1) is 10.3. The van der Waals surface area contributed by atoms with Crippen molar-refractivity contribution in [3.63, 3.8) is 0 Å². The SMILES string of the molecule is COc1ccc(C(I)=CI)cc1. The molecule has 12 heavy (non-hydrogen) atoms. The van der Waals surface area contributed by atoms with E-state index in [0.717, 1.165) is 5.75 Å². The van der Waals surface area contributed by atoms with Crippen molar-refractivity contribution < 1.29 is 4.74 Å². The zero-order valence-electron chi connectivity index (χ0n) is 6.55. The summed E-state index contributed by atoms with van der Waals surface area (Å²) < 4.78 is 8.36. The molecular formula is C9H8I2O. The topological polar surface area (TPSA) is 9.23 Å². The van der Waals surface area contributed by atoms with Crippen molar-refractivity contribution >= 4 is 48.8 Å². The molecule has 0 unspecified atom stereocenters. The average Bonchev–Trinajstić information content (AvgIpc) is 2.17. The smallest absolute Gasteiger partial charge is 0.118 e. The van der Waals surface area contributed by atoms with Crippen molar-refractivity contribution in [2.75, 3.05) is 7.11 Å². The van der Waals surface area contributed by atoms with Crippen LogP contribution in [0.1, 0.15) is 5.56 Å². The van der Waals surface area contributed by atoms with E-state index in [1.807, 2.05) is 12.1 Å². The standard InChI is InChI=1S/C9H8I2O/c1-12-8-4-2-7(3-5-8)9(11)6-10/h2-6H,1H3. The van der Waals surface area contributed by atoms with E-state index in [0.29, 0.717) is 0 Å². The minimum atomic E-state index is 0.899. The van der Waals surface area contributed by atoms with Crippen LogP contribution in [0.25, 0.3) is 3.58 Å². The molecule has 0 saturated carbocycles. The molecule has 0 bridgehead atoms. The average molecular weight is 386 g/mol. The van der Waals surface area contributed by atoms with Crippen LogP contribution in [-0.4, -0.2) is 7.11 Å². The Morgan fingerprint density at radius 1 is 1.33 bits per heavy atom. The highest BCUT2D eigenvalue weighted by atomic mass is 127. The maximum atomic E-state index is 5.06. The third-order valence-electron chi connectivity index (χ3n) is 1.46. The van der Waals surface area contributed by atoms with E-state index in [4.69, 9.17) is 4.74 Å². The van der Waals surface area contributed by atoms with Gasteiger partial charge < -0.3 is 4.74 Å². The van der Waals surface area contributed by atoms with Crippen LogP contribution in [0.2, 0.25) is 0 Å². The van der Waals surface area contributed by atoms with Gasteiger partial charge in [-0.1, -0.05) is 34.7 Å². The maximum absolute atomic E-state index is 5.06. The van der Waals surface area contributed by atoms with E-state index in [1.54, 1.807) is 7.11 Å². The summed E-state index contributed by atoms with van der Waals surface area (Å²) in [6.07, 6.45) is 0. The van der Waals surface area contributed by atoms with Gasteiger partial charge in [0.1, 0.15) is 5.75 Å². The third-order valence-corrected chi connectivity index (χ3v) is 4.21. The first-order valence-electron chi connectivity index (χ1n) is 3.38. The van der Waals surface area contributed by atoms with Gasteiger partial charge in [0.25, 0.3) is 0 Å². The Bertz CT molecular complexity index is 277. The van der Waals surface area contributed by atoms with Crippen LogP contribution in [0, 0.1) is 0 Å². The Kier molecular flexibility index (Phi) is 4.34. The number of halogens is 2. The van der Waals surface area contributed by atoms with Crippen LogP contribution in [0.3, 0.4) is 0 Å². The fraction of sp³-hybridized carbons (Fsp3) is 0.111. The Morgan fingerprint density at radius 2 is 1.92 bits per heavy atom. The molecule has 1 aromatic rings. The third kappa shape index (κ3) is 2.62. The van der Waals surface area contributed by atoms with Crippen molar-refractivity contribution in [2.45, 2.75) is 0 Å². The zero-order valence-corrected chi connectivity index (χ0v) is 10.9. The number of ether oxygens (including phenoxy) is 1. The van der Waals surface area contributed by atoms with E-state index < -0.39 is 0 Å². The Hall–Kier alpha value is 0.220. The van der Waals surface area contributed by atoms with Crippen molar-refractivity contribution in [3.05, 3.63) is 33.9 Å². The molecule has 0 aliphatic carbocycles. The van der Waals surface area contributed by atoms with E-state index in [2.05, 4.69) is 61.4 Å². The van der Waals surface area contributed by atoms with Gasteiger partial charge in [-0.25, -0.2) is 0 Å². The van der Waals surface area contributed by atoms with Gasteiger partial charge in [0.15, 0.2) is 0 Å². The highest BCUT2D eigenvalue weighted by molar-refractivity contribution is 14.1. The molecule has 0 aliphatic heterocycles. The van der Waals surface area contributed by atoms with Gasteiger partial charge in [-0.05, 0) is 44.4 Å². The van der Waals surface area contributed by atoms with Crippen molar-refractivity contribution in [2.24, 2.45) is 0 Å². The van der Waals surface area contributed by atoms with Gasteiger partial charge in [-0.2, -0.15) is 0 Å². The second-order valence-electron chi connectivity index (χ2n) is 2.19. The van der Waals surface area contributed by atoms with Gasteiger partial charge in [-0.3, -0.25) is 0 Å². The molecule has 0 atom stereocenters. The first-order chi connectivity index (χ1) is 5.77. The molecule has 64 valence electrons. The molecule has 0 amide bonds. The molecule has 0 radical (unpaired) electrons. The lowest BCUT2D eigenvalue weighted by atomic mass is 10.2. The predicted molar refractivity (Wildman–Crippen MR) is 69.0 cm³/mol. The van der Waals surface area contributed by atoms with Crippen LogP contribution >= 0.6 is 45.2 Å². The monoisotopic (exact) mass is 386 g/mol. The summed E-state index contributed by atoms with van der Waals surface area (Å²) in [5.41, 5.74) is 1.23. The van der Waals surface area contributed by atoms with Gasteiger partial charge in [-0.15, -0.1) is 0 Å². The second-order valence-corrected chi connectivity index (χ2v) is 3.97. The fourth-order valence-electron chi connectivity index (χ4n) is 0.813. The zero-order chi connectivity index (χ0) is 8.97. The lowest BCUT2D eigenvalue weighted by molar-refractivity contribution is 0.415. The Balaban J connectivity index is 2.92. The molecule has 0 spiro atoms. The van der Waals surface area contributed by atoms with Crippen molar-refractivity contribution in [3.8, 4) is 5.75 Å². The minimum absolute atomic E-state index is 0.899. The molecule has 0 saturated heterocycles. The summed E-state index contributed by atoms with van der Waals surface area (Å²) in [6.45, 7) is 0. The van der Waals surface area contributed by atoms with E-state index in [1.165, 1.54) is 9.14 Å². The summed E-state index contributed by atoms with van der Waals surface area (Å²) in [7, 11) is 1.67. The molecule has 1 aromatic carbocycles. The lowest BCUT2D eigenvalue weighted by Crippen LogP contribution is -1.82. The molecule has 0 fully saturated rings. The number of methoxy groups -OCH3 is 1. The van der Waals surface area contributed by atoms with Gasteiger partial charge >= 0.3 is 0 Å². The molecule has 1 rings (SSSR count). The lowest BCUT2D eigenvalue weighted by Gasteiger charge is -2.01. The number of benzene rings is 1. The Morgan fingerprint density at radius 3 is 2.33 bits per heavy atom. The van der Waals surface area contributed by atoms with Crippen LogP contribution in [0.5, 0.6) is 5.75 Å². The molecule has 0 heterocycles. The van der Waals surface area contributed by atoms with Crippen molar-refractivity contribution in [1.82, 2.24) is 0 Å². The normalized spacial score (nSPS) is 11.4. The molecule has 3 heteroatoms. The summed E-state index contributed by atoms with van der Waals surface area (Å²) >= 11 is 4.54. The first-order valence-corrected chi connectivity index (χ1v) is 5.70. The molecule has 0 aromatic heterocycles. The van der Waals surface area contributed by atoms with Crippen LogP contribution in [0.15, 0.2) is 28.3 Å². The predicted octanol–water partition coefficient (Wildman–Crippen LogP) is 3.86. The summed E-state index contributed by atoms with van der Waals surface area (Å²) in [4.78, 5) is 0. The minimum Gasteiger partial charge on any atom is -0.497 e. The van der Waals surface area contributed by atoms with Crippen LogP contribution < -0.4 is 4.74 Å². The van der Waals surface area contributed by atoms with Crippen LogP contribution in [0.4, 0.5) is 0 Å². The van der Waals surface area contributed by atoms with Crippen molar-refractivity contribution in [1.29, 1.82) is 0 Å². The number of hydrogen-bond donors (Lipinski definition) is 0. The summed E-state index contributed by atoms with van der Waals surface area (Å²) in [5, 5.41) is 0.